The van der Waals surface area contributed by atoms with Crippen LogP contribution in [0.3, 0.4) is 0 Å². The van der Waals surface area contributed by atoms with Crippen molar-refractivity contribution in [2.24, 2.45) is 0 Å². The van der Waals surface area contributed by atoms with Crippen LogP contribution in [0.1, 0.15) is 5.56 Å². The Kier molecular flexibility index (Phi) is 4.14. The molecular weight excluding hydrogens is 365 g/mol. The minimum atomic E-state index is -4.12. The fourth-order valence-corrected chi connectivity index (χ4v) is 5.44. The van der Waals surface area contributed by atoms with E-state index in [1.807, 2.05) is 6.92 Å². The van der Waals surface area contributed by atoms with E-state index in [0.717, 1.165) is 5.56 Å². The molecule has 20 heavy (non-hydrogen) atoms. The fourth-order valence-electron chi connectivity index (χ4n) is 1.37. The number of aromatic nitrogens is 1. The molecule has 0 atom stereocenters. The number of benzene rings is 1. The molecule has 1 aromatic carbocycles. The van der Waals surface area contributed by atoms with Gasteiger partial charge in [0.05, 0.1) is 4.90 Å². The van der Waals surface area contributed by atoms with Gasteiger partial charge in [0, 0.05) is 10.7 Å². The molecule has 10 heteroatoms. The Labute approximate surface area is 129 Å². The first-order valence-corrected chi connectivity index (χ1v) is 10.0. The van der Waals surface area contributed by atoms with Gasteiger partial charge < -0.3 is 0 Å². The number of nitrogens with zero attached hydrogens (tertiary/aromatic N) is 1. The maximum atomic E-state index is 12.3. The van der Waals surface area contributed by atoms with E-state index in [1.165, 1.54) is 12.1 Å². The van der Waals surface area contributed by atoms with Gasteiger partial charge in [-0.05, 0) is 19.1 Å². The van der Waals surface area contributed by atoms with E-state index in [1.54, 1.807) is 12.1 Å². The highest BCUT2D eigenvalue weighted by Crippen LogP contribution is 2.34. The van der Waals surface area contributed by atoms with Crippen LogP contribution in [-0.4, -0.2) is 21.8 Å². The molecule has 0 spiro atoms. The van der Waals surface area contributed by atoms with E-state index in [4.69, 9.17) is 22.3 Å². The summed E-state index contributed by atoms with van der Waals surface area (Å²) in [4.78, 5) is 3.51. The van der Waals surface area contributed by atoms with Crippen LogP contribution in [0.4, 0.5) is 0 Å². The van der Waals surface area contributed by atoms with Gasteiger partial charge in [-0.3, -0.25) is 0 Å². The minimum Gasteiger partial charge on any atom is -0.217 e. The molecule has 0 aliphatic carbocycles. The summed E-state index contributed by atoms with van der Waals surface area (Å²) < 4.78 is 46.2. The van der Waals surface area contributed by atoms with Crippen molar-refractivity contribution in [1.82, 2.24) is 4.98 Å². The van der Waals surface area contributed by atoms with Gasteiger partial charge in [-0.1, -0.05) is 40.6 Å². The summed E-state index contributed by atoms with van der Waals surface area (Å²) in [5.41, 5.74) is 0.886. The third-order valence-corrected chi connectivity index (χ3v) is 7.45. The fraction of sp³-hybridized carbons (Fsp3) is 0.100. The van der Waals surface area contributed by atoms with Crippen LogP contribution in [0.2, 0.25) is 4.34 Å². The van der Waals surface area contributed by atoms with E-state index in [0.29, 0.717) is 11.3 Å². The lowest BCUT2D eigenvalue weighted by Gasteiger charge is -2.02. The van der Waals surface area contributed by atoms with E-state index < -0.39 is 28.3 Å². The lowest BCUT2D eigenvalue weighted by atomic mass is 10.2. The summed E-state index contributed by atoms with van der Waals surface area (Å²) in [6.45, 7) is 1.81. The lowest BCUT2D eigenvalue weighted by Crippen LogP contribution is -2.03. The maximum Gasteiger partial charge on any atom is 0.288 e. The van der Waals surface area contributed by atoms with Gasteiger partial charge in [-0.25, -0.2) is 21.8 Å². The van der Waals surface area contributed by atoms with Gasteiger partial charge >= 0.3 is 0 Å². The van der Waals surface area contributed by atoms with Crippen molar-refractivity contribution in [2.75, 3.05) is 0 Å². The van der Waals surface area contributed by atoms with Crippen LogP contribution < -0.4 is 0 Å². The topological polar surface area (TPSA) is 81.2 Å². The second-order valence-electron chi connectivity index (χ2n) is 3.81. The predicted octanol–water partition coefficient (Wildman–Crippen LogP) is 2.87. The Morgan fingerprint density at radius 3 is 2.10 bits per heavy atom. The average molecular weight is 372 g/mol. The average Bonchev–Trinajstić information content (AvgIpc) is 2.72. The van der Waals surface area contributed by atoms with Gasteiger partial charge in [-0.15, -0.1) is 0 Å². The normalized spacial score (nSPS) is 12.6. The van der Waals surface area contributed by atoms with Crippen molar-refractivity contribution >= 4 is 52.5 Å². The van der Waals surface area contributed by atoms with E-state index in [9.17, 15) is 16.8 Å². The number of halogens is 2. The number of hydrogen-bond acceptors (Lipinski definition) is 6. The molecular formula is C10H7Cl2NO4S3. The highest BCUT2D eigenvalue weighted by atomic mass is 35.7. The first kappa shape index (κ1) is 15.7. The number of rotatable bonds is 3. The first-order valence-electron chi connectivity index (χ1n) is 5.05. The van der Waals surface area contributed by atoms with Crippen molar-refractivity contribution in [1.29, 1.82) is 0 Å². The molecule has 0 saturated heterocycles. The van der Waals surface area contributed by atoms with Crippen molar-refractivity contribution in [3.8, 4) is 0 Å². The van der Waals surface area contributed by atoms with Crippen LogP contribution in [0.25, 0.3) is 0 Å². The molecule has 0 aliphatic heterocycles. The second kappa shape index (κ2) is 5.27. The SMILES string of the molecule is Cc1ccc(S(=O)(=O)c2nc(S(=O)(=O)Cl)sc2Cl)cc1. The Morgan fingerprint density at radius 2 is 1.65 bits per heavy atom. The van der Waals surface area contributed by atoms with Gasteiger partial charge in [0.2, 0.25) is 14.2 Å². The van der Waals surface area contributed by atoms with E-state index in [-0.39, 0.29) is 9.23 Å². The van der Waals surface area contributed by atoms with Crippen molar-refractivity contribution in [3.63, 3.8) is 0 Å². The van der Waals surface area contributed by atoms with Crippen molar-refractivity contribution in [3.05, 3.63) is 34.2 Å². The molecule has 0 fully saturated rings. The summed E-state index contributed by atoms with van der Waals surface area (Å²) in [5, 5.41) is -0.507. The molecule has 1 aromatic heterocycles. The largest absolute Gasteiger partial charge is 0.288 e. The number of sulfone groups is 1. The third-order valence-electron chi connectivity index (χ3n) is 2.33. The molecule has 0 unspecified atom stereocenters. The van der Waals surface area contributed by atoms with Crippen LogP contribution in [0.15, 0.2) is 38.5 Å². The van der Waals surface area contributed by atoms with Gasteiger partial charge in [0.25, 0.3) is 9.05 Å². The van der Waals surface area contributed by atoms with Gasteiger partial charge in [0.15, 0.2) is 5.03 Å². The summed E-state index contributed by atoms with van der Waals surface area (Å²) >= 11 is 6.27. The molecule has 0 N–H and O–H groups in total. The number of aryl methyl sites for hydroxylation is 1. The minimum absolute atomic E-state index is 0.0196. The van der Waals surface area contributed by atoms with Crippen LogP contribution in [-0.2, 0) is 18.9 Å². The summed E-state index contributed by atoms with van der Waals surface area (Å²) in [7, 11) is -2.98. The molecule has 1 heterocycles. The zero-order valence-corrected chi connectivity index (χ0v) is 13.8. The Bertz CT molecular complexity index is 854. The standard InChI is InChI=1S/C10H7Cl2NO4S3/c1-6-2-4-7(5-3-6)19(14,15)9-8(11)18-10(13-9)20(12,16)17/h2-5H,1H3. The van der Waals surface area contributed by atoms with E-state index >= 15 is 0 Å². The summed E-state index contributed by atoms with van der Waals surface area (Å²) in [5.74, 6) is 0. The molecule has 0 aliphatic rings. The van der Waals surface area contributed by atoms with Crippen LogP contribution in [0.5, 0.6) is 0 Å². The highest BCUT2D eigenvalue weighted by molar-refractivity contribution is 8.15. The van der Waals surface area contributed by atoms with Crippen molar-refractivity contribution in [2.45, 2.75) is 21.2 Å². The smallest absolute Gasteiger partial charge is 0.217 e. The number of hydrogen-bond donors (Lipinski definition) is 0. The Balaban J connectivity index is 2.61. The monoisotopic (exact) mass is 371 g/mol. The third kappa shape index (κ3) is 2.99. The molecule has 5 nitrogen and oxygen atoms in total. The lowest BCUT2D eigenvalue weighted by molar-refractivity contribution is 0.591. The molecule has 0 bridgehead atoms. The Hall–Kier alpha value is -0.670. The van der Waals surface area contributed by atoms with Crippen LogP contribution in [0, 0.1) is 6.92 Å². The maximum absolute atomic E-state index is 12.3. The molecule has 2 rings (SSSR count). The van der Waals surface area contributed by atoms with Gasteiger partial charge in [0.1, 0.15) is 4.34 Å². The van der Waals surface area contributed by atoms with Crippen molar-refractivity contribution < 1.29 is 16.8 Å². The van der Waals surface area contributed by atoms with Crippen LogP contribution >= 0.6 is 33.6 Å². The second-order valence-corrected chi connectivity index (χ2v) is 10.0. The molecule has 2 aromatic rings. The van der Waals surface area contributed by atoms with E-state index in [2.05, 4.69) is 4.98 Å². The molecule has 0 amide bonds. The molecule has 0 saturated carbocycles. The summed E-state index contributed by atoms with van der Waals surface area (Å²) in [6.07, 6.45) is 0. The highest BCUT2D eigenvalue weighted by Gasteiger charge is 2.28. The predicted molar refractivity (Wildman–Crippen MR) is 76.8 cm³/mol. The van der Waals surface area contributed by atoms with Gasteiger partial charge in [-0.2, -0.15) is 0 Å². The zero-order valence-electron chi connectivity index (χ0n) is 9.87. The zero-order chi connectivity index (χ0) is 15.1. The molecule has 108 valence electrons. The summed E-state index contributed by atoms with van der Waals surface area (Å²) in [6, 6.07) is 6.03. The number of thiazole rings is 1. The quantitative estimate of drug-likeness (QED) is 0.774. The molecule has 0 radical (unpaired) electrons. The first-order chi connectivity index (χ1) is 9.12. The Morgan fingerprint density at radius 1 is 1.10 bits per heavy atom.